The molecule has 0 saturated carbocycles. The molecular formula is C15H17N3O3. The first-order chi connectivity index (χ1) is 10.0. The predicted molar refractivity (Wildman–Crippen MR) is 78.3 cm³/mol. The van der Waals surface area contributed by atoms with Gasteiger partial charge in [0.05, 0.1) is 11.8 Å². The van der Waals surface area contributed by atoms with E-state index in [0.29, 0.717) is 0 Å². The second kappa shape index (κ2) is 6.21. The maximum atomic E-state index is 12.2. The molecule has 1 heterocycles. The second-order valence-corrected chi connectivity index (χ2v) is 4.69. The number of aromatic carboxylic acids is 1. The molecule has 2 rings (SSSR count). The quantitative estimate of drug-likeness (QED) is 0.884. The van der Waals surface area contributed by atoms with Gasteiger partial charge in [-0.05, 0) is 25.0 Å². The number of nitrogens with zero attached hydrogens (tertiary/aromatic N) is 2. The molecule has 0 saturated heterocycles. The molecule has 1 aromatic carbocycles. The van der Waals surface area contributed by atoms with E-state index >= 15 is 0 Å². The van der Waals surface area contributed by atoms with E-state index in [1.807, 2.05) is 31.2 Å². The van der Waals surface area contributed by atoms with Gasteiger partial charge in [0.2, 0.25) is 5.91 Å². The molecule has 0 aliphatic heterocycles. The molecule has 0 fully saturated rings. The van der Waals surface area contributed by atoms with E-state index in [0.717, 1.165) is 17.7 Å². The van der Waals surface area contributed by atoms with Crippen molar-refractivity contribution >= 4 is 17.6 Å². The highest BCUT2D eigenvalue weighted by Gasteiger charge is 2.18. The zero-order chi connectivity index (χ0) is 15.4. The first-order valence-electron chi connectivity index (χ1n) is 6.69. The van der Waals surface area contributed by atoms with Crippen LogP contribution in [0.25, 0.3) is 0 Å². The standard InChI is InChI=1S/C15H17N3O3/c1-3-11-6-4-5-7-13(11)17-14(19)10(2)18-9-12(8-16-18)15(20)21/h4-10H,3H2,1-2H3,(H,17,19)(H,20,21). The zero-order valence-corrected chi connectivity index (χ0v) is 11.9. The minimum Gasteiger partial charge on any atom is -0.478 e. The van der Waals surface area contributed by atoms with E-state index in [1.54, 1.807) is 6.92 Å². The fraction of sp³-hybridized carbons (Fsp3) is 0.267. The van der Waals surface area contributed by atoms with E-state index in [1.165, 1.54) is 17.1 Å². The van der Waals surface area contributed by atoms with Crippen LogP contribution in [0.15, 0.2) is 36.7 Å². The molecule has 0 radical (unpaired) electrons. The van der Waals surface area contributed by atoms with Crippen molar-refractivity contribution in [1.82, 2.24) is 9.78 Å². The topological polar surface area (TPSA) is 84.2 Å². The number of amides is 1. The summed E-state index contributed by atoms with van der Waals surface area (Å²) in [4.78, 5) is 23.1. The van der Waals surface area contributed by atoms with Gasteiger partial charge in [0.15, 0.2) is 0 Å². The van der Waals surface area contributed by atoms with Crippen LogP contribution in [0.5, 0.6) is 0 Å². The number of carboxylic acid groups (broad SMARTS) is 1. The highest BCUT2D eigenvalue weighted by atomic mass is 16.4. The van der Waals surface area contributed by atoms with Gasteiger partial charge in [-0.2, -0.15) is 5.10 Å². The van der Waals surface area contributed by atoms with Gasteiger partial charge in [0.1, 0.15) is 6.04 Å². The number of carbonyl (C=O) groups excluding carboxylic acids is 1. The van der Waals surface area contributed by atoms with Crippen LogP contribution in [-0.4, -0.2) is 26.8 Å². The van der Waals surface area contributed by atoms with E-state index in [4.69, 9.17) is 5.11 Å². The van der Waals surface area contributed by atoms with Crippen molar-refractivity contribution in [3.8, 4) is 0 Å². The monoisotopic (exact) mass is 287 g/mol. The van der Waals surface area contributed by atoms with Gasteiger partial charge in [-0.1, -0.05) is 25.1 Å². The molecule has 1 atom stereocenters. The molecule has 2 aromatic rings. The van der Waals surface area contributed by atoms with Crippen LogP contribution < -0.4 is 5.32 Å². The molecule has 1 unspecified atom stereocenters. The lowest BCUT2D eigenvalue weighted by atomic mass is 10.1. The van der Waals surface area contributed by atoms with Crippen LogP contribution in [0.3, 0.4) is 0 Å². The van der Waals surface area contributed by atoms with E-state index in [2.05, 4.69) is 10.4 Å². The van der Waals surface area contributed by atoms with Crippen molar-refractivity contribution in [1.29, 1.82) is 0 Å². The summed E-state index contributed by atoms with van der Waals surface area (Å²) in [6.07, 6.45) is 3.39. The Kier molecular flexibility index (Phi) is 4.37. The fourth-order valence-corrected chi connectivity index (χ4v) is 1.97. The predicted octanol–water partition coefficient (Wildman–Crippen LogP) is 2.34. The molecule has 1 aromatic heterocycles. The number of rotatable bonds is 5. The number of carbonyl (C=O) groups is 2. The number of hydrogen-bond donors (Lipinski definition) is 2. The summed E-state index contributed by atoms with van der Waals surface area (Å²) in [7, 11) is 0. The molecule has 6 heteroatoms. The van der Waals surface area contributed by atoms with Crippen LogP contribution in [0.4, 0.5) is 5.69 Å². The highest BCUT2D eigenvalue weighted by molar-refractivity contribution is 5.94. The number of hydrogen-bond acceptors (Lipinski definition) is 3. The average Bonchev–Trinajstić information content (AvgIpc) is 2.97. The molecule has 0 spiro atoms. The summed E-state index contributed by atoms with van der Waals surface area (Å²) >= 11 is 0. The van der Waals surface area contributed by atoms with Gasteiger partial charge in [-0.3, -0.25) is 9.48 Å². The van der Waals surface area contributed by atoms with Crippen LogP contribution in [0, 0.1) is 0 Å². The number of aryl methyl sites for hydroxylation is 1. The molecular weight excluding hydrogens is 270 g/mol. The Bertz CT molecular complexity index is 664. The Hall–Kier alpha value is -2.63. The average molecular weight is 287 g/mol. The first-order valence-corrected chi connectivity index (χ1v) is 6.69. The molecule has 2 N–H and O–H groups in total. The van der Waals surface area contributed by atoms with Crippen molar-refractivity contribution in [2.75, 3.05) is 5.32 Å². The second-order valence-electron chi connectivity index (χ2n) is 4.69. The van der Waals surface area contributed by atoms with Crippen LogP contribution in [-0.2, 0) is 11.2 Å². The molecule has 0 bridgehead atoms. The van der Waals surface area contributed by atoms with Gasteiger partial charge in [-0.25, -0.2) is 4.79 Å². The number of nitrogens with one attached hydrogen (secondary N) is 1. The molecule has 6 nitrogen and oxygen atoms in total. The number of anilines is 1. The first kappa shape index (κ1) is 14.8. The fourth-order valence-electron chi connectivity index (χ4n) is 1.97. The maximum absolute atomic E-state index is 12.2. The zero-order valence-electron chi connectivity index (χ0n) is 11.9. The smallest absolute Gasteiger partial charge is 0.338 e. The molecule has 0 aliphatic rings. The summed E-state index contributed by atoms with van der Waals surface area (Å²) < 4.78 is 1.34. The number of aromatic nitrogens is 2. The van der Waals surface area contributed by atoms with E-state index in [-0.39, 0.29) is 11.5 Å². The Morgan fingerprint density at radius 2 is 2.10 bits per heavy atom. The summed E-state index contributed by atoms with van der Waals surface area (Å²) in [6, 6.07) is 6.98. The third kappa shape index (κ3) is 3.28. The van der Waals surface area contributed by atoms with Crippen molar-refractivity contribution in [3.63, 3.8) is 0 Å². The molecule has 1 amide bonds. The Balaban J connectivity index is 2.13. The van der Waals surface area contributed by atoms with Gasteiger partial charge >= 0.3 is 5.97 Å². The lowest BCUT2D eigenvalue weighted by Gasteiger charge is -2.14. The van der Waals surface area contributed by atoms with Gasteiger partial charge in [0.25, 0.3) is 0 Å². The lowest BCUT2D eigenvalue weighted by molar-refractivity contribution is -0.119. The Morgan fingerprint density at radius 3 is 2.71 bits per heavy atom. The number of benzene rings is 1. The van der Waals surface area contributed by atoms with Crippen molar-refractivity contribution in [2.24, 2.45) is 0 Å². The molecule has 21 heavy (non-hydrogen) atoms. The minimum atomic E-state index is -1.06. The number of carboxylic acids is 1. The Morgan fingerprint density at radius 1 is 1.38 bits per heavy atom. The summed E-state index contributed by atoms with van der Waals surface area (Å²) in [6.45, 7) is 3.68. The van der Waals surface area contributed by atoms with Crippen molar-refractivity contribution in [2.45, 2.75) is 26.3 Å². The Labute approximate surface area is 122 Å². The van der Waals surface area contributed by atoms with Crippen molar-refractivity contribution in [3.05, 3.63) is 47.8 Å². The largest absolute Gasteiger partial charge is 0.478 e. The summed E-state index contributed by atoms with van der Waals surface area (Å²) in [5.74, 6) is -1.30. The summed E-state index contributed by atoms with van der Waals surface area (Å²) in [5.41, 5.74) is 1.87. The maximum Gasteiger partial charge on any atom is 0.338 e. The van der Waals surface area contributed by atoms with Crippen LogP contribution in [0.1, 0.15) is 35.8 Å². The SMILES string of the molecule is CCc1ccccc1NC(=O)C(C)n1cc(C(=O)O)cn1. The normalized spacial score (nSPS) is 11.9. The molecule has 110 valence electrons. The lowest BCUT2D eigenvalue weighted by Crippen LogP contribution is -2.24. The van der Waals surface area contributed by atoms with E-state index in [9.17, 15) is 9.59 Å². The van der Waals surface area contributed by atoms with Gasteiger partial charge < -0.3 is 10.4 Å². The van der Waals surface area contributed by atoms with Gasteiger partial charge in [0, 0.05) is 11.9 Å². The van der Waals surface area contributed by atoms with Gasteiger partial charge in [-0.15, -0.1) is 0 Å². The molecule has 0 aliphatic carbocycles. The van der Waals surface area contributed by atoms with Crippen LogP contribution >= 0.6 is 0 Å². The van der Waals surface area contributed by atoms with E-state index < -0.39 is 12.0 Å². The number of para-hydroxylation sites is 1. The minimum absolute atomic E-state index is 0.0589. The third-order valence-corrected chi connectivity index (χ3v) is 3.28. The third-order valence-electron chi connectivity index (χ3n) is 3.28. The van der Waals surface area contributed by atoms with Crippen molar-refractivity contribution < 1.29 is 14.7 Å². The van der Waals surface area contributed by atoms with Crippen LogP contribution in [0.2, 0.25) is 0 Å². The summed E-state index contributed by atoms with van der Waals surface area (Å²) in [5, 5.41) is 15.6. The highest BCUT2D eigenvalue weighted by Crippen LogP contribution is 2.17.